The lowest BCUT2D eigenvalue weighted by molar-refractivity contribution is -0.117. The van der Waals surface area contributed by atoms with E-state index in [1.54, 1.807) is 18.5 Å². The summed E-state index contributed by atoms with van der Waals surface area (Å²) in [5.41, 5.74) is 0.926. The van der Waals surface area contributed by atoms with Crippen LogP contribution in [-0.4, -0.2) is 16.9 Å². The van der Waals surface area contributed by atoms with Gasteiger partial charge in [0, 0.05) is 24.5 Å². The van der Waals surface area contributed by atoms with Gasteiger partial charge in [0.05, 0.1) is 0 Å². The molecule has 86 valence electrons. The Hall–Kier alpha value is -1.64. The van der Waals surface area contributed by atoms with Crippen LogP contribution in [0, 0.1) is 5.92 Å². The van der Waals surface area contributed by atoms with Crippen molar-refractivity contribution in [2.24, 2.45) is 5.92 Å². The first-order chi connectivity index (χ1) is 7.59. The van der Waals surface area contributed by atoms with Crippen LogP contribution in [0.5, 0.6) is 0 Å². The van der Waals surface area contributed by atoms with Crippen LogP contribution >= 0.6 is 0 Å². The lowest BCUT2D eigenvalue weighted by atomic mass is 10.1. The van der Waals surface area contributed by atoms with Gasteiger partial charge >= 0.3 is 0 Å². The number of carbonyl (C=O) groups is 1. The van der Waals surface area contributed by atoms with Gasteiger partial charge in [0.1, 0.15) is 0 Å². The van der Waals surface area contributed by atoms with E-state index in [0.717, 1.165) is 5.56 Å². The van der Waals surface area contributed by atoms with Crippen molar-refractivity contribution in [1.29, 1.82) is 0 Å². The van der Waals surface area contributed by atoms with E-state index in [0.29, 0.717) is 5.92 Å². The van der Waals surface area contributed by atoms with Crippen LogP contribution in [0.15, 0.2) is 30.6 Å². The molecule has 0 radical (unpaired) electrons. The van der Waals surface area contributed by atoms with Gasteiger partial charge in [0.25, 0.3) is 0 Å². The normalized spacial score (nSPS) is 13.0. The number of aromatic nitrogens is 1. The average molecular weight is 218 g/mol. The van der Waals surface area contributed by atoms with Crippen LogP contribution in [0.2, 0.25) is 0 Å². The minimum absolute atomic E-state index is 0.0648. The Morgan fingerprint density at radius 2 is 2.19 bits per heavy atom. The summed E-state index contributed by atoms with van der Waals surface area (Å²) in [5, 5.41) is 2.90. The van der Waals surface area contributed by atoms with E-state index in [1.165, 1.54) is 6.08 Å². The van der Waals surface area contributed by atoms with Crippen molar-refractivity contribution in [3.05, 3.63) is 36.2 Å². The van der Waals surface area contributed by atoms with E-state index in [2.05, 4.69) is 24.1 Å². The number of rotatable bonds is 4. The number of hydrogen-bond donors (Lipinski definition) is 1. The van der Waals surface area contributed by atoms with Gasteiger partial charge in [0.2, 0.25) is 5.91 Å². The fourth-order valence-electron chi connectivity index (χ4n) is 1.09. The fourth-order valence-corrected chi connectivity index (χ4v) is 1.09. The second-order valence-corrected chi connectivity index (χ2v) is 4.16. The molecule has 0 aromatic carbocycles. The molecule has 0 spiro atoms. The highest BCUT2D eigenvalue weighted by Crippen LogP contribution is 2.01. The molecule has 0 saturated heterocycles. The van der Waals surface area contributed by atoms with Crippen molar-refractivity contribution in [2.75, 3.05) is 0 Å². The average Bonchev–Trinajstić information content (AvgIpc) is 2.27. The van der Waals surface area contributed by atoms with Crippen LogP contribution in [0.1, 0.15) is 26.3 Å². The molecule has 0 saturated carbocycles. The maximum atomic E-state index is 11.5. The van der Waals surface area contributed by atoms with Crippen LogP contribution < -0.4 is 5.32 Å². The third-order valence-electron chi connectivity index (χ3n) is 2.48. The molecule has 16 heavy (non-hydrogen) atoms. The van der Waals surface area contributed by atoms with E-state index in [-0.39, 0.29) is 11.9 Å². The van der Waals surface area contributed by atoms with Crippen molar-refractivity contribution in [3.8, 4) is 0 Å². The Morgan fingerprint density at radius 3 is 2.75 bits per heavy atom. The molecule has 1 heterocycles. The monoisotopic (exact) mass is 218 g/mol. The third-order valence-corrected chi connectivity index (χ3v) is 2.48. The van der Waals surface area contributed by atoms with E-state index in [4.69, 9.17) is 0 Å². The predicted octanol–water partition coefficient (Wildman–Crippen LogP) is 2.26. The highest BCUT2D eigenvalue weighted by molar-refractivity contribution is 5.91. The second-order valence-electron chi connectivity index (χ2n) is 4.16. The van der Waals surface area contributed by atoms with Gasteiger partial charge in [-0.1, -0.05) is 19.9 Å². The molecule has 0 fully saturated rings. The summed E-state index contributed by atoms with van der Waals surface area (Å²) >= 11 is 0. The van der Waals surface area contributed by atoms with Crippen molar-refractivity contribution in [2.45, 2.75) is 26.8 Å². The zero-order valence-corrected chi connectivity index (χ0v) is 9.97. The number of carbonyl (C=O) groups excluding carboxylic acids is 1. The first kappa shape index (κ1) is 12.4. The molecule has 1 aromatic heterocycles. The Balaban J connectivity index is 2.49. The van der Waals surface area contributed by atoms with E-state index < -0.39 is 0 Å². The number of hydrogen-bond acceptors (Lipinski definition) is 2. The summed E-state index contributed by atoms with van der Waals surface area (Å²) in [4.78, 5) is 15.5. The Morgan fingerprint density at radius 1 is 1.44 bits per heavy atom. The van der Waals surface area contributed by atoms with Crippen LogP contribution in [0.4, 0.5) is 0 Å². The van der Waals surface area contributed by atoms with Crippen LogP contribution in [-0.2, 0) is 4.79 Å². The molecule has 1 amide bonds. The summed E-state index contributed by atoms with van der Waals surface area (Å²) in [7, 11) is 0. The second kappa shape index (κ2) is 6.05. The molecule has 1 unspecified atom stereocenters. The lowest BCUT2D eigenvalue weighted by Gasteiger charge is -2.15. The van der Waals surface area contributed by atoms with E-state index >= 15 is 0 Å². The molecule has 1 N–H and O–H groups in total. The maximum absolute atomic E-state index is 11.5. The molecule has 0 aliphatic heterocycles. The van der Waals surface area contributed by atoms with Gasteiger partial charge in [-0.25, -0.2) is 0 Å². The zero-order valence-electron chi connectivity index (χ0n) is 9.97. The number of pyridine rings is 1. The molecular weight excluding hydrogens is 200 g/mol. The molecule has 3 heteroatoms. The lowest BCUT2D eigenvalue weighted by Crippen LogP contribution is -2.34. The van der Waals surface area contributed by atoms with Crippen LogP contribution in [0.25, 0.3) is 6.08 Å². The fraction of sp³-hybridized carbons (Fsp3) is 0.385. The predicted molar refractivity (Wildman–Crippen MR) is 65.7 cm³/mol. The van der Waals surface area contributed by atoms with Gasteiger partial charge in [-0.15, -0.1) is 0 Å². The minimum atomic E-state index is -0.0648. The summed E-state index contributed by atoms with van der Waals surface area (Å²) < 4.78 is 0. The molecule has 1 atom stereocenters. The van der Waals surface area contributed by atoms with Crippen molar-refractivity contribution in [3.63, 3.8) is 0 Å². The summed E-state index contributed by atoms with van der Waals surface area (Å²) in [6, 6.07) is 3.93. The Bertz CT molecular complexity index is 357. The Kier molecular flexibility index (Phi) is 4.70. The van der Waals surface area contributed by atoms with Gasteiger partial charge < -0.3 is 5.32 Å². The van der Waals surface area contributed by atoms with Crippen molar-refractivity contribution >= 4 is 12.0 Å². The van der Waals surface area contributed by atoms with Crippen molar-refractivity contribution in [1.82, 2.24) is 10.3 Å². The number of nitrogens with zero attached hydrogens (tertiary/aromatic N) is 1. The highest BCUT2D eigenvalue weighted by Gasteiger charge is 2.07. The largest absolute Gasteiger partial charge is 0.350 e. The third kappa shape index (κ3) is 4.26. The number of amides is 1. The summed E-state index contributed by atoms with van der Waals surface area (Å²) in [6.45, 7) is 6.16. The van der Waals surface area contributed by atoms with Gasteiger partial charge in [0.15, 0.2) is 0 Å². The first-order valence-corrected chi connectivity index (χ1v) is 5.48. The van der Waals surface area contributed by atoms with Crippen molar-refractivity contribution < 1.29 is 4.79 Å². The molecule has 1 aromatic rings. The Labute approximate surface area is 96.6 Å². The smallest absolute Gasteiger partial charge is 0.244 e. The van der Waals surface area contributed by atoms with Gasteiger partial charge in [-0.2, -0.15) is 0 Å². The summed E-state index contributed by atoms with van der Waals surface area (Å²) in [6.07, 6.45) is 6.72. The SMILES string of the molecule is CC(C)C(C)NC(=O)/C=C/c1cccnc1. The molecule has 3 nitrogen and oxygen atoms in total. The standard InChI is InChI=1S/C13H18N2O/c1-10(2)11(3)15-13(16)7-6-12-5-4-8-14-9-12/h4-11H,1-3H3,(H,15,16)/b7-6+. The molecular formula is C13H18N2O. The molecule has 0 aliphatic carbocycles. The summed E-state index contributed by atoms with van der Waals surface area (Å²) in [5.74, 6) is 0.376. The zero-order chi connectivity index (χ0) is 12.0. The van der Waals surface area contributed by atoms with Gasteiger partial charge in [-0.05, 0) is 30.5 Å². The van der Waals surface area contributed by atoms with E-state index in [9.17, 15) is 4.79 Å². The molecule has 1 rings (SSSR count). The first-order valence-electron chi connectivity index (χ1n) is 5.48. The minimum Gasteiger partial charge on any atom is -0.350 e. The topological polar surface area (TPSA) is 42.0 Å². The maximum Gasteiger partial charge on any atom is 0.244 e. The number of nitrogens with one attached hydrogen (secondary N) is 1. The molecule has 0 aliphatic rings. The quantitative estimate of drug-likeness (QED) is 0.788. The van der Waals surface area contributed by atoms with E-state index in [1.807, 2.05) is 19.1 Å². The molecule has 0 bridgehead atoms. The van der Waals surface area contributed by atoms with Gasteiger partial charge in [-0.3, -0.25) is 9.78 Å². The van der Waals surface area contributed by atoms with Crippen LogP contribution in [0.3, 0.4) is 0 Å². The highest BCUT2D eigenvalue weighted by atomic mass is 16.1.